The molecule has 1 rings (SSSR count). The number of hydrogen-bond acceptors (Lipinski definition) is 2. The Morgan fingerprint density at radius 1 is 1.82 bits per heavy atom. The van der Waals surface area contributed by atoms with E-state index in [4.69, 9.17) is 11.6 Å². The van der Waals surface area contributed by atoms with Gasteiger partial charge in [-0.3, -0.25) is 9.78 Å². The molecule has 0 amide bonds. The van der Waals surface area contributed by atoms with Crippen LogP contribution in [0, 0.1) is 0 Å². The lowest BCUT2D eigenvalue weighted by Crippen LogP contribution is -2.12. The summed E-state index contributed by atoms with van der Waals surface area (Å²) in [5.41, 5.74) is 0.370. The summed E-state index contributed by atoms with van der Waals surface area (Å²) in [6.45, 7) is 3.51. The van der Waals surface area contributed by atoms with E-state index >= 15 is 0 Å². The van der Waals surface area contributed by atoms with Crippen molar-refractivity contribution in [2.24, 2.45) is 0 Å². The predicted octanol–water partition coefficient (Wildman–Crippen LogP) is 1.15. The first-order valence-corrected chi connectivity index (χ1v) is 3.46. The Hall–Kier alpha value is -1.09. The molecule has 3 nitrogen and oxygen atoms in total. The quantitative estimate of drug-likeness (QED) is 0.535. The highest BCUT2D eigenvalue weighted by atomic mass is 35.5. The van der Waals surface area contributed by atoms with Gasteiger partial charge in [-0.2, -0.15) is 0 Å². The number of aromatic amines is 1. The molecular weight excluding hydrogens is 164 g/mol. The van der Waals surface area contributed by atoms with Gasteiger partial charge in [0.2, 0.25) is 5.28 Å². The molecule has 0 bridgehead atoms. The summed E-state index contributed by atoms with van der Waals surface area (Å²) >= 11 is 5.42. The highest BCUT2D eigenvalue weighted by Gasteiger charge is 1.97. The van der Waals surface area contributed by atoms with E-state index in [9.17, 15) is 4.79 Å². The molecule has 4 heteroatoms. The van der Waals surface area contributed by atoms with Crippen LogP contribution in [0.4, 0.5) is 0 Å². The average Bonchev–Trinajstić information content (AvgIpc) is 1.95. The molecule has 11 heavy (non-hydrogen) atoms. The zero-order chi connectivity index (χ0) is 8.27. The Kier molecular flexibility index (Phi) is 2.44. The summed E-state index contributed by atoms with van der Waals surface area (Å²) in [4.78, 5) is 17.1. The number of H-pyrrole nitrogens is 1. The molecule has 0 fully saturated rings. The monoisotopic (exact) mass is 170 g/mol. The van der Waals surface area contributed by atoms with Crippen molar-refractivity contribution in [2.45, 2.75) is 6.42 Å². The Labute approximate surface area is 68.7 Å². The smallest absolute Gasteiger partial charge is 0.255 e. The summed E-state index contributed by atoms with van der Waals surface area (Å²) in [7, 11) is 0. The van der Waals surface area contributed by atoms with Gasteiger partial charge >= 0.3 is 0 Å². The van der Waals surface area contributed by atoms with Crippen LogP contribution in [0.2, 0.25) is 5.28 Å². The van der Waals surface area contributed by atoms with Crippen LogP contribution < -0.4 is 5.56 Å². The van der Waals surface area contributed by atoms with Crippen molar-refractivity contribution >= 4 is 11.6 Å². The lowest BCUT2D eigenvalue weighted by Gasteiger charge is -1.93. The third-order valence-corrected chi connectivity index (χ3v) is 1.40. The standard InChI is InChI=1S/C7H7ClN2O/c1-2-3-5-4-9-7(8)10-6(5)11/h2,4H,1,3H2,(H,9,10,11). The fourth-order valence-electron chi connectivity index (χ4n) is 0.700. The molecule has 0 saturated carbocycles. The summed E-state index contributed by atoms with van der Waals surface area (Å²) in [5, 5.41) is 0.114. The Bertz CT molecular complexity index is 318. The highest BCUT2D eigenvalue weighted by Crippen LogP contribution is 1.96. The molecule has 1 N–H and O–H groups in total. The molecule has 0 aromatic carbocycles. The molecule has 0 aliphatic heterocycles. The van der Waals surface area contributed by atoms with Crippen molar-refractivity contribution in [2.75, 3.05) is 0 Å². The number of halogens is 1. The minimum absolute atomic E-state index is 0.114. The number of nitrogens with one attached hydrogen (secondary N) is 1. The van der Waals surface area contributed by atoms with Crippen molar-refractivity contribution in [3.63, 3.8) is 0 Å². The second kappa shape index (κ2) is 3.34. The van der Waals surface area contributed by atoms with Crippen LogP contribution in [0.5, 0.6) is 0 Å². The summed E-state index contributed by atoms with van der Waals surface area (Å²) in [5.74, 6) is 0. The van der Waals surface area contributed by atoms with E-state index in [0.29, 0.717) is 12.0 Å². The molecule has 1 heterocycles. The number of aromatic nitrogens is 2. The normalized spacial score (nSPS) is 9.55. The molecule has 0 saturated heterocycles. The molecule has 0 aliphatic carbocycles. The lowest BCUT2D eigenvalue weighted by atomic mass is 10.2. The third kappa shape index (κ3) is 1.91. The summed E-state index contributed by atoms with van der Waals surface area (Å²) < 4.78 is 0. The maximum absolute atomic E-state index is 11.0. The van der Waals surface area contributed by atoms with Crippen LogP contribution in [-0.2, 0) is 6.42 Å². The van der Waals surface area contributed by atoms with Crippen LogP contribution in [0.3, 0.4) is 0 Å². The van der Waals surface area contributed by atoms with Crippen LogP contribution in [0.15, 0.2) is 23.6 Å². The van der Waals surface area contributed by atoms with E-state index in [1.807, 2.05) is 0 Å². The van der Waals surface area contributed by atoms with Gasteiger partial charge in [0.25, 0.3) is 5.56 Å². The van der Waals surface area contributed by atoms with Gasteiger partial charge in [0.15, 0.2) is 0 Å². The second-order valence-corrected chi connectivity index (χ2v) is 2.38. The van der Waals surface area contributed by atoms with Gasteiger partial charge in [-0.25, -0.2) is 4.98 Å². The Morgan fingerprint density at radius 3 is 3.09 bits per heavy atom. The largest absolute Gasteiger partial charge is 0.297 e. The van der Waals surface area contributed by atoms with Crippen LogP contribution in [0.25, 0.3) is 0 Å². The molecular formula is C7H7ClN2O. The van der Waals surface area contributed by atoms with Crippen molar-refractivity contribution in [1.82, 2.24) is 9.97 Å². The number of hydrogen-bond donors (Lipinski definition) is 1. The van der Waals surface area contributed by atoms with Gasteiger partial charge in [0, 0.05) is 11.8 Å². The maximum atomic E-state index is 11.0. The predicted molar refractivity (Wildman–Crippen MR) is 43.8 cm³/mol. The minimum Gasteiger partial charge on any atom is -0.297 e. The first-order chi connectivity index (χ1) is 5.24. The van der Waals surface area contributed by atoms with E-state index in [1.54, 1.807) is 6.08 Å². The molecule has 0 aliphatic rings. The van der Waals surface area contributed by atoms with Crippen LogP contribution >= 0.6 is 11.6 Å². The van der Waals surface area contributed by atoms with E-state index in [2.05, 4.69) is 16.5 Å². The SMILES string of the molecule is C=CCc1cnc(Cl)[nH]c1=O. The van der Waals surface area contributed by atoms with Gasteiger partial charge in [0.1, 0.15) is 0 Å². The number of nitrogens with zero attached hydrogens (tertiary/aromatic N) is 1. The molecule has 0 radical (unpaired) electrons. The van der Waals surface area contributed by atoms with Crippen molar-refractivity contribution in [3.8, 4) is 0 Å². The summed E-state index contributed by atoms with van der Waals surface area (Å²) in [6.07, 6.45) is 3.60. The first-order valence-electron chi connectivity index (χ1n) is 3.08. The zero-order valence-corrected chi connectivity index (χ0v) is 6.56. The average molecular weight is 171 g/mol. The van der Waals surface area contributed by atoms with Gasteiger partial charge in [0.05, 0.1) is 0 Å². The first kappa shape index (κ1) is 8.01. The van der Waals surface area contributed by atoms with Crippen molar-refractivity contribution < 1.29 is 0 Å². The van der Waals surface area contributed by atoms with Crippen LogP contribution in [0.1, 0.15) is 5.56 Å². The number of allylic oxidation sites excluding steroid dienone is 1. The third-order valence-electron chi connectivity index (χ3n) is 1.21. The van der Waals surface area contributed by atoms with Gasteiger partial charge < -0.3 is 0 Å². The van der Waals surface area contributed by atoms with Crippen molar-refractivity contribution in [3.05, 3.63) is 40.1 Å². The molecule has 0 spiro atoms. The molecule has 1 aromatic rings. The fraction of sp³-hybridized carbons (Fsp3) is 0.143. The zero-order valence-electron chi connectivity index (χ0n) is 5.80. The van der Waals surface area contributed by atoms with E-state index in [0.717, 1.165) is 0 Å². The van der Waals surface area contributed by atoms with Crippen LogP contribution in [-0.4, -0.2) is 9.97 Å². The maximum Gasteiger partial charge on any atom is 0.255 e. The van der Waals surface area contributed by atoms with Gasteiger partial charge in [-0.1, -0.05) is 6.08 Å². The Morgan fingerprint density at radius 2 is 2.55 bits per heavy atom. The second-order valence-electron chi connectivity index (χ2n) is 2.02. The fourth-order valence-corrected chi connectivity index (χ4v) is 0.835. The van der Waals surface area contributed by atoms with Crippen molar-refractivity contribution in [1.29, 1.82) is 0 Å². The van der Waals surface area contributed by atoms with E-state index in [1.165, 1.54) is 6.20 Å². The Balaban J connectivity index is 3.09. The topological polar surface area (TPSA) is 45.8 Å². The number of rotatable bonds is 2. The molecule has 0 unspecified atom stereocenters. The highest BCUT2D eigenvalue weighted by molar-refractivity contribution is 6.28. The van der Waals surface area contributed by atoms with E-state index in [-0.39, 0.29) is 10.8 Å². The summed E-state index contributed by atoms with van der Waals surface area (Å²) in [6, 6.07) is 0. The van der Waals surface area contributed by atoms with Gasteiger partial charge in [-0.05, 0) is 18.0 Å². The minimum atomic E-state index is -0.204. The van der Waals surface area contributed by atoms with E-state index < -0.39 is 0 Å². The molecule has 0 atom stereocenters. The molecule has 58 valence electrons. The lowest BCUT2D eigenvalue weighted by molar-refractivity contribution is 1.04. The van der Waals surface area contributed by atoms with Gasteiger partial charge in [-0.15, -0.1) is 6.58 Å². The molecule has 1 aromatic heterocycles.